The Morgan fingerprint density at radius 3 is 2.19 bits per heavy atom. The van der Waals surface area contributed by atoms with Gasteiger partial charge in [0.2, 0.25) is 10.0 Å². The Hall–Kier alpha value is -1.76. The van der Waals surface area contributed by atoms with Crippen molar-refractivity contribution >= 4 is 16.0 Å². The van der Waals surface area contributed by atoms with E-state index in [1.165, 1.54) is 28.6 Å². The summed E-state index contributed by atoms with van der Waals surface area (Å²) >= 11 is 0. The molecule has 2 aliphatic rings. The van der Waals surface area contributed by atoms with E-state index in [1.54, 1.807) is 7.11 Å². The van der Waals surface area contributed by atoms with Crippen LogP contribution in [-0.2, 0) is 19.6 Å². The average molecular weight is 470 g/mol. The Kier molecular flexibility index (Phi) is 8.06. The van der Waals surface area contributed by atoms with Gasteiger partial charge in [-0.05, 0) is 56.0 Å². The summed E-state index contributed by atoms with van der Waals surface area (Å²) in [7, 11) is 0.296. The summed E-state index contributed by atoms with van der Waals surface area (Å²) in [5, 5.41) is 7.12. The van der Waals surface area contributed by atoms with Crippen LogP contribution < -0.4 is 0 Å². The zero-order valence-electron chi connectivity index (χ0n) is 17.2. The first kappa shape index (κ1) is 25.5. The smallest absolute Gasteiger partial charge is 0.475 e. The van der Waals surface area contributed by atoms with Gasteiger partial charge in [0.1, 0.15) is 5.82 Å². The van der Waals surface area contributed by atoms with Crippen molar-refractivity contribution in [2.75, 3.05) is 40.4 Å². The molecule has 2 heterocycles. The van der Waals surface area contributed by atoms with Gasteiger partial charge in [-0.15, -0.1) is 0 Å². The van der Waals surface area contributed by atoms with E-state index in [0.717, 1.165) is 32.4 Å². The number of aliphatic carboxylic acids is 1. The predicted octanol–water partition coefficient (Wildman–Crippen LogP) is 2.58. The van der Waals surface area contributed by atoms with Crippen LogP contribution >= 0.6 is 0 Å². The van der Waals surface area contributed by atoms with Gasteiger partial charge in [-0.25, -0.2) is 17.6 Å². The van der Waals surface area contributed by atoms with Crippen LogP contribution in [0.1, 0.15) is 19.3 Å². The lowest BCUT2D eigenvalue weighted by Crippen LogP contribution is -2.44. The summed E-state index contributed by atoms with van der Waals surface area (Å²) in [5.74, 6) is -3.18. The second-order valence-corrected chi connectivity index (χ2v) is 9.83. The molecule has 0 amide bonds. The Morgan fingerprint density at radius 1 is 1.23 bits per heavy atom. The summed E-state index contributed by atoms with van der Waals surface area (Å²) in [6, 6.07) is 5.48. The zero-order chi connectivity index (χ0) is 23.4. The minimum atomic E-state index is -5.08. The number of likely N-dealkylation sites (N-methyl/N-ethyl adjacent to an activating group) is 1. The lowest BCUT2D eigenvalue weighted by Gasteiger charge is -2.38. The molecule has 1 spiro atoms. The van der Waals surface area contributed by atoms with Gasteiger partial charge in [0.25, 0.3) is 0 Å². The maximum Gasteiger partial charge on any atom is 0.490 e. The number of sulfonamides is 1. The van der Waals surface area contributed by atoms with E-state index in [-0.39, 0.29) is 10.3 Å². The van der Waals surface area contributed by atoms with Gasteiger partial charge < -0.3 is 14.7 Å². The molecule has 0 bridgehead atoms. The summed E-state index contributed by atoms with van der Waals surface area (Å²) in [6.07, 6.45) is -2.31. The van der Waals surface area contributed by atoms with Crippen LogP contribution in [0.25, 0.3) is 0 Å². The molecule has 2 fully saturated rings. The van der Waals surface area contributed by atoms with Crippen LogP contribution in [0.15, 0.2) is 29.2 Å². The molecule has 0 radical (unpaired) electrons. The number of carbonyl (C=O) groups is 1. The number of ether oxygens (including phenoxy) is 1. The predicted molar refractivity (Wildman–Crippen MR) is 103 cm³/mol. The number of nitrogens with zero attached hydrogens (tertiary/aromatic N) is 2. The molecule has 1 unspecified atom stereocenters. The molecule has 0 saturated carbocycles. The second-order valence-electron chi connectivity index (χ2n) is 7.89. The molecule has 7 nitrogen and oxygen atoms in total. The molecule has 31 heavy (non-hydrogen) atoms. The average Bonchev–Trinajstić information content (AvgIpc) is 2.97. The van der Waals surface area contributed by atoms with E-state index in [0.29, 0.717) is 19.1 Å². The molecule has 0 aromatic heterocycles. The molecule has 176 valence electrons. The van der Waals surface area contributed by atoms with Crippen LogP contribution in [0, 0.1) is 11.2 Å². The Bertz CT molecular complexity index is 853. The van der Waals surface area contributed by atoms with Crippen molar-refractivity contribution in [1.29, 1.82) is 0 Å². The number of hydrogen-bond donors (Lipinski definition) is 1. The molecule has 1 atom stereocenters. The fraction of sp³-hybridized carbons (Fsp3) is 0.632. The zero-order valence-corrected chi connectivity index (χ0v) is 18.0. The van der Waals surface area contributed by atoms with Gasteiger partial charge in [0.05, 0.1) is 11.5 Å². The molecule has 2 aliphatic heterocycles. The number of piperidine rings is 1. The van der Waals surface area contributed by atoms with Crippen LogP contribution in [0.3, 0.4) is 0 Å². The van der Waals surface area contributed by atoms with Gasteiger partial charge in [0, 0.05) is 32.8 Å². The molecule has 0 aliphatic carbocycles. The largest absolute Gasteiger partial charge is 0.490 e. The number of likely N-dealkylation sites (tertiary alicyclic amines) is 1. The highest BCUT2D eigenvalue weighted by atomic mass is 32.2. The maximum absolute atomic E-state index is 13.0. The lowest BCUT2D eigenvalue weighted by molar-refractivity contribution is -0.192. The molecular formula is C19H26F4N2O5S. The molecular weight excluding hydrogens is 444 g/mol. The van der Waals surface area contributed by atoms with Gasteiger partial charge in [-0.2, -0.15) is 17.5 Å². The van der Waals surface area contributed by atoms with Crippen molar-refractivity contribution in [3.63, 3.8) is 0 Å². The van der Waals surface area contributed by atoms with E-state index < -0.39 is 28.0 Å². The van der Waals surface area contributed by atoms with E-state index in [1.807, 2.05) is 0 Å². The normalized spacial score (nSPS) is 22.2. The Labute approximate surface area is 178 Å². The monoisotopic (exact) mass is 470 g/mol. The number of methoxy groups -OCH3 is 1. The van der Waals surface area contributed by atoms with Gasteiger partial charge >= 0.3 is 12.1 Å². The molecule has 1 N–H and O–H groups in total. The highest BCUT2D eigenvalue weighted by molar-refractivity contribution is 7.89. The van der Waals surface area contributed by atoms with Crippen molar-refractivity contribution in [3.05, 3.63) is 30.1 Å². The molecule has 3 rings (SSSR count). The third-order valence-electron chi connectivity index (χ3n) is 5.71. The number of hydrogen-bond acceptors (Lipinski definition) is 5. The highest BCUT2D eigenvalue weighted by Gasteiger charge is 2.45. The lowest BCUT2D eigenvalue weighted by atomic mass is 9.77. The molecule has 1 aromatic rings. The number of carboxylic acid groups (broad SMARTS) is 1. The summed E-state index contributed by atoms with van der Waals surface area (Å²) < 4.78 is 77.0. The Morgan fingerprint density at radius 2 is 1.74 bits per heavy atom. The van der Waals surface area contributed by atoms with Crippen LogP contribution in [0.4, 0.5) is 17.6 Å². The fourth-order valence-electron chi connectivity index (χ4n) is 4.08. The summed E-state index contributed by atoms with van der Waals surface area (Å²) in [5.41, 5.74) is 0.187. The van der Waals surface area contributed by atoms with Crippen molar-refractivity contribution in [3.8, 4) is 0 Å². The van der Waals surface area contributed by atoms with Crippen LogP contribution in [0.5, 0.6) is 0 Å². The summed E-state index contributed by atoms with van der Waals surface area (Å²) in [4.78, 5) is 11.4. The number of benzene rings is 1. The third-order valence-corrected chi connectivity index (χ3v) is 7.63. The molecule has 2 saturated heterocycles. The van der Waals surface area contributed by atoms with Crippen molar-refractivity contribution in [1.82, 2.24) is 9.21 Å². The topological polar surface area (TPSA) is 87.2 Å². The first-order valence-corrected chi connectivity index (χ1v) is 11.0. The molecule has 1 aromatic carbocycles. The van der Waals surface area contributed by atoms with Gasteiger partial charge in [-0.1, -0.05) is 0 Å². The van der Waals surface area contributed by atoms with Crippen molar-refractivity contribution in [2.45, 2.75) is 36.4 Å². The fourth-order valence-corrected chi connectivity index (χ4v) is 5.52. The maximum atomic E-state index is 13.0. The number of alkyl halides is 3. The van der Waals surface area contributed by atoms with E-state index in [2.05, 4.69) is 11.9 Å². The van der Waals surface area contributed by atoms with Crippen molar-refractivity contribution in [2.24, 2.45) is 5.41 Å². The summed E-state index contributed by atoms with van der Waals surface area (Å²) in [6.45, 7) is 2.75. The van der Waals surface area contributed by atoms with Crippen LogP contribution in [0.2, 0.25) is 0 Å². The Balaban J connectivity index is 0.000000423. The standard InChI is InChI=1S/C17H25FN2O3S.C2HF3O2/c1-19-13-17(11-15(19)12-23-2)7-9-20(10-8-17)24(21,22)16-5-3-14(18)4-6-16;3-2(4,5)1(6)7/h3-6,15H,7-13H2,1-2H3;(H,6,7). The number of rotatable bonds is 4. The van der Waals surface area contributed by atoms with E-state index in [4.69, 9.17) is 14.6 Å². The van der Waals surface area contributed by atoms with Gasteiger partial charge in [0.15, 0.2) is 0 Å². The quantitative estimate of drug-likeness (QED) is 0.681. The number of carboxylic acids is 1. The van der Waals surface area contributed by atoms with E-state index >= 15 is 0 Å². The van der Waals surface area contributed by atoms with Crippen molar-refractivity contribution < 1.29 is 40.6 Å². The first-order chi connectivity index (χ1) is 14.3. The molecule has 12 heteroatoms. The third kappa shape index (κ3) is 6.37. The second kappa shape index (κ2) is 9.80. The van der Waals surface area contributed by atoms with E-state index in [9.17, 15) is 26.0 Å². The SMILES string of the molecule is COCC1CC2(CCN(S(=O)(=O)c3ccc(F)cc3)CC2)CN1C.O=C(O)C(F)(F)F. The minimum absolute atomic E-state index is 0.167. The number of halogens is 4. The van der Waals surface area contributed by atoms with Gasteiger partial charge in [-0.3, -0.25) is 0 Å². The minimum Gasteiger partial charge on any atom is -0.475 e. The highest BCUT2D eigenvalue weighted by Crippen LogP contribution is 2.43. The first-order valence-electron chi connectivity index (χ1n) is 9.56. The van der Waals surface area contributed by atoms with Crippen LogP contribution in [-0.4, -0.2) is 81.3 Å².